The minimum atomic E-state index is -3.69. The molecule has 0 amide bonds. The second kappa shape index (κ2) is 6.28. The Kier molecular flexibility index (Phi) is 4.64. The third-order valence-electron chi connectivity index (χ3n) is 2.82. The molecule has 7 heteroatoms. The Hall–Kier alpha value is -1.86. The van der Waals surface area contributed by atoms with Gasteiger partial charge in [-0.1, -0.05) is 25.5 Å². The van der Waals surface area contributed by atoms with E-state index in [2.05, 4.69) is 11.6 Å². The molecule has 2 N–H and O–H groups in total. The van der Waals surface area contributed by atoms with Crippen LogP contribution in [0, 0.1) is 0 Å². The molecule has 0 atom stereocenters. The number of carboxylic acids is 1. The fraction of sp³-hybridized carbons (Fsp3) is 0.214. The summed E-state index contributed by atoms with van der Waals surface area (Å²) in [6, 6.07) is 9.49. The molecule has 0 saturated carbocycles. The van der Waals surface area contributed by atoms with Crippen LogP contribution in [0.15, 0.2) is 41.3 Å². The van der Waals surface area contributed by atoms with Crippen molar-refractivity contribution >= 4 is 32.3 Å². The van der Waals surface area contributed by atoms with Crippen molar-refractivity contribution < 1.29 is 18.3 Å². The van der Waals surface area contributed by atoms with E-state index in [-0.39, 0.29) is 14.8 Å². The minimum Gasteiger partial charge on any atom is -0.477 e. The standard InChI is InChI=1S/C14H15NO4S2/c1-2-3-10-4-6-11(7-5-10)21(18,19)15-13-9-8-12(20-13)14(16)17/h4-9,15H,2-3H2,1H3,(H,16,17). The average molecular weight is 325 g/mol. The van der Waals surface area contributed by atoms with Crippen molar-refractivity contribution in [3.8, 4) is 0 Å². The Morgan fingerprint density at radius 3 is 2.38 bits per heavy atom. The molecular weight excluding hydrogens is 310 g/mol. The summed E-state index contributed by atoms with van der Waals surface area (Å²) in [6.07, 6.45) is 1.90. The van der Waals surface area contributed by atoms with E-state index in [1.54, 1.807) is 24.3 Å². The number of benzene rings is 1. The summed E-state index contributed by atoms with van der Waals surface area (Å²) in [5.41, 5.74) is 1.08. The van der Waals surface area contributed by atoms with E-state index in [0.29, 0.717) is 0 Å². The van der Waals surface area contributed by atoms with E-state index in [1.165, 1.54) is 12.1 Å². The van der Waals surface area contributed by atoms with Crippen LogP contribution in [0.1, 0.15) is 28.6 Å². The maximum absolute atomic E-state index is 12.2. The summed E-state index contributed by atoms with van der Waals surface area (Å²) in [5.74, 6) is -1.07. The van der Waals surface area contributed by atoms with Gasteiger partial charge in [0.25, 0.3) is 10.0 Å². The molecule has 112 valence electrons. The molecule has 1 aromatic carbocycles. The van der Waals surface area contributed by atoms with E-state index in [1.807, 2.05) is 0 Å². The van der Waals surface area contributed by atoms with Crippen molar-refractivity contribution in [1.82, 2.24) is 0 Å². The Labute approximate surface area is 127 Å². The third kappa shape index (κ3) is 3.83. The van der Waals surface area contributed by atoms with Gasteiger partial charge >= 0.3 is 5.97 Å². The van der Waals surface area contributed by atoms with Crippen LogP contribution in [0.2, 0.25) is 0 Å². The van der Waals surface area contributed by atoms with Gasteiger partial charge in [-0.05, 0) is 36.2 Å². The fourth-order valence-corrected chi connectivity index (χ4v) is 3.86. The first-order valence-corrected chi connectivity index (χ1v) is 8.67. The van der Waals surface area contributed by atoms with Crippen LogP contribution < -0.4 is 4.72 Å². The normalized spacial score (nSPS) is 11.3. The number of hydrogen-bond acceptors (Lipinski definition) is 4. The molecular formula is C14H15NO4S2. The highest BCUT2D eigenvalue weighted by molar-refractivity contribution is 7.93. The summed E-state index contributed by atoms with van der Waals surface area (Å²) in [6.45, 7) is 2.06. The van der Waals surface area contributed by atoms with Gasteiger partial charge < -0.3 is 5.11 Å². The Balaban J connectivity index is 2.18. The smallest absolute Gasteiger partial charge is 0.345 e. The number of anilines is 1. The van der Waals surface area contributed by atoms with Crippen LogP contribution in [0.4, 0.5) is 5.00 Å². The van der Waals surface area contributed by atoms with Crippen LogP contribution in [0.25, 0.3) is 0 Å². The number of nitrogens with one attached hydrogen (secondary N) is 1. The Morgan fingerprint density at radius 2 is 1.86 bits per heavy atom. The lowest BCUT2D eigenvalue weighted by Gasteiger charge is -2.06. The van der Waals surface area contributed by atoms with Crippen LogP contribution in [-0.4, -0.2) is 19.5 Å². The van der Waals surface area contributed by atoms with Gasteiger partial charge in [-0.3, -0.25) is 4.72 Å². The number of thiophene rings is 1. The molecule has 0 aliphatic carbocycles. The Bertz CT molecular complexity index is 733. The first-order valence-electron chi connectivity index (χ1n) is 6.37. The highest BCUT2D eigenvalue weighted by Gasteiger charge is 2.16. The first-order chi connectivity index (χ1) is 9.92. The number of aromatic carboxylic acids is 1. The molecule has 0 aliphatic rings. The first kappa shape index (κ1) is 15.5. The second-order valence-electron chi connectivity index (χ2n) is 4.47. The summed E-state index contributed by atoms with van der Waals surface area (Å²) in [5, 5.41) is 9.11. The van der Waals surface area contributed by atoms with E-state index >= 15 is 0 Å². The van der Waals surface area contributed by atoms with E-state index in [9.17, 15) is 13.2 Å². The number of rotatable bonds is 6. The van der Waals surface area contributed by atoms with Gasteiger partial charge in [0.2, 0.25) is 0 Å². The summed E-state index contributed by atoms with van der Waals surface area (Å²) in [7, 11) is -3.69. The maximum Gasteiger partial charge on any atom is 0.345 e. The summed E-state index contributed by atoms with van der Waals surface area (Å²) in [4.78, 5) is 11.0. The summed E-state index contributed by atoms with van der Waals surface area (Å²) >= 11 is 0.884. The monoisotopic (exact) mass is 325 g/mol. The molecule has 0 spiro atoms. The minimum absolute atomic E-state index is 0.0889. The van der Waals surface area contributed by atoms with E-state index in [0.717, 1.165) is 29.7 Å². The fourth-order valence-electron chi connectivity index (χ4n) is 1.82. The predicted octanol–water partition coefficient (Wildman–Crippen LogP) is 3.20. The zero-order chi connectivity index (χ0) is 15.5. The number of aryl methyl sites for hydroxylation is 1. The summed E-state index contributed by atoms with van der Waals surface area (Å²) < 4.78 is 26.8. The highest BCUT2D eigenvalue weighted by Crippen LogP contribution is 2.25. The molecule has 0 fully saturated rings. The SMILES string of the molecule is CCCc1ccc(S(=O)(=O)Nc2ccc(C(=O)O)s2)cc1. The largest absolute Gasteiger partial charge is 0.477 e. The quantitative estimate of drug-likeness (QED) is 0.854. The van der Waals surface area contributed by atoms with Crippen molar-refractivity contribution in [1.29, 1.82) is 0 Å². The molecule has 0 unspecified atom stereocenters. The molecule has 21 heavy (non-hydrogen) atoms. The molecule has 5 nitrogen and oxygen atoms in total. The van der Waals surface area contributed by atoms with Crippen molar-refractivity contribution in [3.05, 3.63) is 46.8 Å². The molecule has 0 bridgehead atoms. The van der Waals surface area contributed by atoms with Gasteiger partial charge in [0.1, 0.15) is 9.88 Å². The number of sulfonamides is 1. The lowest BCUT2D eigenvalue weighted by Crippen LogP contribution is -2.11. The van der Waals surface area contributed by atoms with Gasteiger partial charge in [0.05, 0.1) is 4.90 Å². The number of hydrogen-bond donors (Lipinski definition) is 2. The maximum atomic E-state index is 12.2. The Morgan fingerprint density at radius 1 is 1.19 bits per heavy atom. The van der Waals surface area contributed by atoms with Crippen molar-refractivity contribution in [2.75, 3.05) is 4.72 Å². The van der Waals surface area contributed by atoms with Gasteiger partial charge in [0.15, 0.2) is 0 Å². The molecule has 0 aliphatic heterocycles. The molecule has 2 aromatic rings. The zero-order valence-corrected chi connectivity index (χ0v) is 13.0. The molecule has 1 heterocycles. The van der Waals surface area contributed by atoms with Crippen molar-refractivity contribution in [2.45, 2.75) is 24.7 Å². The van der Waals surface area contributed by atoms with Gasteiger partial charge in [-0.2, -0.15) is 0 Å². The number of carboxylic acid groups (broad SMARTS) is 1. The van der Waals surface area contributed by atoms with Crippen LogP contribution >= 0.6 is 11.3 Å². The predicted molar refractivity (Wildman–Crippen MR) is 82.5 cm³/mol. The lowest BCUT2D eigenvalue weighted by molar-refractivity contribution is 0.0702. The van der Waals surface area contributed by atoms with Gasteiger partial charge in [0, 0.05) is 0 Å². The second-order valence-corrected chi connectivity index (χ2v) is 7.23. The van der Waals surface area contributed by atoms with Crippen LogP contribution in [0.3, 0.4) is 0 Å². The third-order valence-corrected chi connectivity index (χ3v) is 5.32. The number of carbonyl (C=O) groups is 1. The van der Waals surface area contributed by atoms with Crippen molar-refractivity contribution in [2.24, 2.45) is 0 Å². The lowest BCUT2D eigenvalue weighted by atomic mass is 10.1. The van der Waals surface area contributed by atoms with Gasteiger partial charge in [-0.15, -0.1) is 11.3 Å². The molecule has 0 radical (unpaired) electrons. The van der Waals surface area contributed by atoms with Crippen LogP contribution in [0.5, 0.6) is 0 Å². The highest BCUT2D eigenvalue weighted by atomic mass is 32.2. The molecule has 2 rings (SSSR count). The van der Waals surface area contributed by atoms with Crippen LogP contribution in [-0.2, 0) is 16.4 Å². The van der Waals surface area contributed by atoms with E-state index < -0.39 is 16.0 Å². The topological polar surface area (TPSA) is 83.5 Å². The molecule has 0 saturated heterocycles. The van der Waals surface area contributed by atoms with Crippen molar-refractivity contribution in [3.63, 3.8) is 0 Å². The molecule has 1 aromatic heterocycles. The van der Waals surface area contributed by atoms with E-state index in [4.69, 9.17) is 5.11 Å². The average Bonchev–Trinajstić information content (AvgIpc) is 2.88. The van der Waals surface area contributed by atoms with Gasteiger partial charge in [-0.25, -0.2) is 13.2 Å². The zero-order valence-electron chi connectivity index (χ0n) is 11.4.